The number of rotatable bonds is 5. The van der Waals surface area contributed by atoms with Crippen molar-refractivity contribution in [2.45, 2.75) is 24.7 Å². The normalized spacial score (nSPS) is 15.6. The lowest BCUT2D eigenvalue weighted by Gasteiger charge is -2.32. The van der Waals surface area contributed by atoms with Crippen LogP contribution in [0, 0.1) is 12.8 Å². The number of likely N-dealkylation sites (tertiary alicyclic amines) is 1. The second-order valence-corrected chi connectivity index (χ2v) is 6.45. The SMILES string of the molecule is CNCC1CCN(C(=O)CSc2ccccc2C)CC1.Cl. The Labute approximate surface area is 138 Å². The average Bonchev–Trinajstić information content (AvgIpc) is 2.47. The molecule has 1 heterocycles. The third-order valence-corrected chi connectivity index (χ3v) is 5.07. The summed E-state index contributed by atoms with van der Waals surface area (Å²) in [6.45, 7) is 5.00. The van der Waals surface area contributed by atoms with Crippen LogP contribution in [-0.4, -0.2) is 43.2 Å². The highest BCUT2D eigenvalue weighted by molar-refractivity contribution is 8.00. The number of nitrogens with one attached hydrogen (secondary N) is 1. The Bertz CT molecular complexity index is 448. The molecule has 0 bridgehead atoms. The summed E-state index contributed by atoms with van der Waals surface area (Å²) < 4.78 is 0. The van der Waals surface area contributed by atoms with Crippen LogP contribution in [0.4, 0.5) is 0 Å². The van der Waals surface area contributed by atoms with E-state index in [1.54, 1.807) is 11.8 Å². The Hall–Kier alpha value is -0.710. The minimum absolute atomic E-state index is 0. The molecule has 1 aromatic rings. The van der Waals surface area contributed by atoms with Crippen LogP contribution in [-0.2, 0) is 4.79 Å². The van der Waals surface area contributed by atoms with E-state index in [4.69, 9.17) is 0 Å². The third-order valence-electron chi connectivity index (χ3n) is 3.90. The summed E-state index contributed by atoms with van der Waals surface area (Å²) >= 11 is 1.66. The van der Waals surface area contributed by atoms with Gasteiger partial charge in [-0.05, 0) is 50.9 Å². The number of carbonyl (C=O) groups excluding carboxylic acids is 1. The quantitative estimate of drug-likeness (QED) is 0.843. The zero-order chi connectivity index (χ0) is 14.4. The first-order valence-electron chi connectivity index (χ1n) is 7.31. The molecule has 1 amide bonds. The first kappa shape index (κ1) is 18.3. The standard InChI is InChI=1S/C16H24N2OS.ClH/c1-13-5-3-4-6-15(13)20-12-16(19)18-9-7-14(8-10-18)11-17-2;/h3-6,14,17H,7-12H2,1-2H3;1H. The van der Waals surface area contributed by atoms with Gasteiger partial charge in [-0.2, -0.15) is 0 Å². The first-order chi connectivity index (χ1) is 9.70. The van der Waals surface area contributed by atoms with E-state index in [-0.39, 0.29) is 18.3 Å². The van der Waals surface area contributed by atoms with Crippen molar-refractivity contribution in [2.75, 3.05) is 32.4 Å². The number of hydrogen-bond acceptors (Lipinski definition) is 3. The van der Waals surface area contributed by atoms with Gasteiger partial charge in [0.15, 0.2) is 0 Å². The number of piperidine rings is 1. The lowest BCUT2D eigenvalue weighted by Crippen LogP contribution is -2.41. The molecular weight excluding hydrogens is 304 g/mol. The summed E-state index contributed by atoms with van der Waals surface area (Å²) in [7, 11) is 2.00. The minimum Gasteiger partial charge on any atom is -0.342 e. The molecule has 0 radical (unpaired) electrons. The maximum Gasteiger partial charge on any atom is 0.232 e. The Morgan fingerprint density at radius 2 is 2.00 bits per heavy atom. The molecule has 1 N–H and O–H groups in total. The molecule has 0 aliphatic carbocycles. The van der Waals surface area contributed by atoms with Gasteiger partial charge in [0, 0.05) is 18.0 Å². The van der Waals surface area contributed by atoms with E-state index >= 15 is 0 Å². The van der Waals surface area contributed by atoms with Gasteiger partial charge in [0.05, 0.1) is 5.75 Å². The van der Waals surface area contributed by atoms with Gasteiger partial charge in [-0.3, -0.25) is 4.79 Å². The van der Waals surface area contributed by atoms with Gasteiger partial charge < -0.3 is 10.2 Å². The van der Waals surface area contributed by atoms with Crippen molar-refractivity contribution in [1.29, 1.82) is 0 Å². The maximum absolute atomic E-state index is 12.2. The number of carbonyl (C=O) groups is 1. The van der Waals surface area contributed by atoms with Crippen LogP contribution in [0.5, 0.6) is 0 Å². The van der Waals surface area contributed by atoms with Gasteiger partial charge in [0.2, 0.25) is 5.91 Å². The Morgan fingerprint density at radius 3 is 2.62 bits per heavy atom. The molecule has 5 heteroatoms. The molecule has 0 saturated carbocycles. The average molecular weight is 329 g/mol. The molecule has 1 fully saturated rings. The summed E-state index contributed by atoms with van der Waals surface area (Å²) in [5.41, 5.74) is 1.25. The van der Waals surface area contributed by atoms with Crippen LogP contribution < -0.4 is 5.32 Å². The predicted octanol–water partition coefficient (Wildman–Crippen LogP) is 2.97. The molecule has 1 saturated heterocycles. The molecule has 21 heavy (non-hydrogen) atoms. The van der Waals surface area contributed by atoms with Crippen molar-refractivity contribution in [3.05, 3.63) is 29.8 Å². The van der Waals surface area contributed by atoms with Crippen molar-refractivity contribution in [3.63, 3.8) is 0 Å². The number of aryl methyl sites for hydroxylation is 1. The fourth-order valence-corrected chi connectivity index (χ4v) is 3.56. The Balaban J connectivity index is 0.00000220. The van der Waals surface area contributed by atoms with Crippen molar-refractivity contribution in [2.24, 2.45) is 5.92 Å². The second kappa shape index (κ2) is 9.34. The van der Waals surface area contributed by atoms with Crippen LogP contribution in [0.15, 0.2) is 29.2 Å². The molecule has 1 aliphatic rings. The van der Waals surface area contributed by atoms with Gasteiger partial charge >= 0.3 is 0 Å². The van der Waals surface area contributed by atoms with Crippen molar-refractivity contribution < 1.29 is 4.79 Å². The van der Waals surface area contributed by atoms with E-state index in [9.17, 15) is 4.79 Å². The molecular formula is C16H25ClN2OS. The maximum atomic E-state index is 12.2. The van der Waals surface area contributed by atoms with E-state index in [1.165, 1.54) is 10.5 Å². The van der Waals surface area contributed by atoms with E-state index in [1.807, 2.05) is 24.1 Å². The summed E-state index contributed by atoms with van der Waals surface area (Å²) in [6, 6.07) is 8.25. The van der Waals surface area contributed by atoms with Crippen molar-refractivity contribution >= 4 is 30.1 Å². The van der Waals surface area contributed by atoms with Crippen molar-refractivity contribution in [3.8, 4) is 0 Å². The molecule has 2 rings (SSSR count). The molecule has 1 aromatic carbocycles. The molecule has 0 spiro atoms. The minimum atomic E-state index is 0. The van der Waals surface area contributed by atoms with Gasteiger partial charge in [-0.15, -0.1) is 24.2 Å². The number of benzene rings is 1. The fraction of sp³-hybridized carbons (Fsp3) is 0.562. The number of nitrogens with zero attached hydrogens (tertiary/aromatic N) is 1. The summed E-state index contributed by atoms with van der Waals surface area (Å²) in [6.07, 6.45) is 2.25. The Kier molecular flexibility index (Phi) is 8.15. The Morgan fingerprint density at radius 1 is 1.33 bits per heavy atom. The van der Waals surface area contributed by atoms with Crippen LogP contribution in [0.1, 0.15) is 18.4 Å². The predicted molar refractivity (Wildman–Crippen MR) is 92.4 cm³/mol. The molecule has 0 aromatic heterocycles. The van der Waals surface area contributed by atoms with E-state index in [2.05, 4.69) is 24.4 Å². The smallest absolute Gasteiger partial charge is 0.232 e. The van der Waals surface area contributed by atoms with Gasteiger partial charge in [0.25, 0.3) is 0 Å². The van der Waals surface area contributed by atoms with Crippen molar-refractivity contribution in [1.82, 2.24) is 10.2 Å². The highest BCUT2D eigenvalue weighted by atomic mass is 35.5. The fourth-order valence-electron chi connectivity index (χ4n) is 2.62. The van der Waals surface area contributed by atoms with E-state index in [0.29, 0.717) is 5.75 Å². The van der Waals surface area contributed by atoms with Crippen LogP contribution in [0.2, 0.25) is 0 Å². The zero-order valence-electron chi connectivity index (χ0n) is 12.8. The lowest BCUT2D eigenvalue weighted by molar-refractivity contribution is -0.129. The number of halogens is 1. The zero-order valence-corrected chi connectivity index (χ0v) is 14.4. The first-order valence-corrected chi connectivity index (χ1v) is 8.30. The molecule has 3 nitrogen and oxygen atoms in total. The molecule has 1 aliphatic heterocycles. The van der Waals surface area contributed by atoms with E-state index < -0.39 is 0 Å². The number of amides is 1. The van der Waals surface area contributed by atoms with Gasteiger partial charge in [0.1, 0.15) is 0 Å². The number of hydrogen-bond donors (Lipinski definition) is 1. The van der Waals surface area contributed by atoms with Gasteiger partial charge in [-0.1, -0.05) is 18.2 Å². The molecule has 0 unspecified atom stereocenters. The molecule has 118 valence electrons. The van der Waals surface area contributed by atoms with Crippen LogP contribution >= 0.6 is 24.2 Å². The summed E-state index contributed by atoms with van der Waals surface area (Å²) in [5.74, 6) is 1.57. The largest absolute Gasteiger partial charge is 0.342 e. The topological polar surface area (TPSA) is 32.3 Å². The summed E-state index contributed by atoms with van der Waals surface area (Å²) in [5, 5.41) is 3.23. The lowest BCUT2D eigenvalue weighted by atomic mass is 9.97. The van der Waals surface area contributed by atoms with Crippen LogP contribution in [0.25, 0.3) is 0 Å². The monoisotopic (exact) mass is 328 g/mol. The number of thioether (sulfide) groups is 1. The highest BCUT2D eigenvalue weighted by Crippen LogP contribution is 2.23. The third kappa shape index (κ3) is 5.53. The second-order valence-electron chi connectivity index (χ2n) is 5.44. The van der Waals surface area contributed by atoms with E-state index in [0.717, 1.165) is 38.4 Å². The molecule has 0 atom stereocenters. The van der Waals surface area contributed by atoms with Crippen LogP contribution in [0.3, 0.4) is 0 Å². The van der Waals surface area contributed by atoms with Gasteiger partial charge in [-0.25, -0.2) is 0 Å². The summed E-state index contributed by atoms with van der Waals surface area (Å²) in [4.78, 5) is 15.5. The highest BCUT2D eigenvalue weighted by Gasteiger charge is 2.22.